The van der Waals surface area contributed by atoms with Crippen molar-refractivity contribution in [1.29, 1.82) is 0 Å². The molecule has 0 amide bonds. The van der Waals surface area contributed by atoms with Crippen molar-refractivity contribution in [1.82, 2.24) is 15.0 Å². The van der Waals surface area contributed by atoms with Gasteiger partial charge in [0.05, 0.1) is 28.9 Å². The number of ether oxygens (including phenoxy) is 3. The molecule has 2 aliphatic rings. The number of nitrogens with zero attached hydrogens (tertiary/aromatic N) is 2. The van der Waals surface area contributed by atoms with Gasteiger partial charge in [0.25, 0.3) is 6.01 Å². The number of aromatic nitrogens is 3. The zero-order chi connectivity index (χ0) is 20.8. The minimum absolute atomic E-state index is 0.0385. The molecule has 7 heteroatoms. The predicted molar refractivity (Wildman–Crippen MR) is 118 cm³/mol. The van der Waals surface area contributed by atoms with Gasteiger partial charge in [0.2, 0.25) is 0 Å². The number of imidazole rings is 1. The number of H-pyrrole nitrogens is 1. The maximum Gasteiger partial charge on any atom is 0.296 e. The maximum absolute atomic E-state index is 6.56. The van der Waals surface area contributed by atoms with Crippen molar-refractivity contribution in [3.63, 3.8) is 0 Å². The summed E-state index contributed by atoms with van der Waals surface area (Å²) in [6.45, 7) is 1.21. The lowest BCUT2D eigenvalue weighted by Gasteiger charge is -2.15. The third kappa shape index (κ3) is 3.47. The van der Waals surface area contributed by atoms with Crippen LogP contribution in [0, 0.1) is 0 Å². The molecule has 2 fully saturated rings. The van der Waals surface area contributed by atoms with Crippen LogP contribution in [-0.2, 0) is 9.47 Å². The highest BCUT2D eigenvalue weighted by atomic mass is 35.5. The molecule has 0 unspecified atom stereocenters. The number of rotatable bonds is 4. The highest BCUT2D eigenvalue weighted by Crippen LogP contribution is 2.32. The van der Waals surface area contributed by atoms with E-state index in [9.17, 15) is 0 Å². The Hall–Kier alpha value is -2.93. The van der Waals surface area contributed by atoms with Gasteiger partial charge in [-0.15, -0.1) is 0 Å². The molecule has 4 aromatic rings. The number of fused-ring (bicyclic) bond motifs is 2. The second kappa shape index (κ2) is 7.64. The fourth-order valence-electron chi connectivity index (χ4n) is 4.28. The Bertz CT molecular complexity index is 1230. The number of nitrogens with one attached hydrogen (secondary N) is 1. The Morgan fingerprint density at radius 1 is 0.935 bits per heavy atom. The lowest BCUT2D eigenvalue weighted by Crippen LogP contribution is -2.32. The summed E-state index contributed by atoms with van der Waals surface area (Å²) in [4.78, 5) is 12.4. The van der Waals surface area contributed by atoms with E-state index in [0.29, 0.717) is 35.6 Å². The molecule has 2 saturated heterocycles. The fourth-order valence-corrected chi connectivity index (χ4v) is 4.54. The van der Waals surface area contributed by atoms with Crippen molar-refractivity contribution in [3.05, 3.63) is 65.7 Å². The van der Waals surface area contributed by atoms with Crippen LogP contribution in [0.5, 0.6) is 6.01 Å². The quantitative estimate of drug-likeness (QED) is 0.496. The molecule has 31 heavy (non-hydrogen) atoms. The van der Waals surface area contributed by atoms with Crippen LogP contribution in [0.4, 0.5) is 0 Å². The number of hydrogen-bond acceptors (Lipinski definition) is 5. The van der Waals surface area contributed by atoms with Crippen LogP contribution >= 0.6 is 11.6 Å². The van der Waals surface area contributed by atoms with Gasteiger partial charge in [0, 0.05) is 12.2 Å². The number of benzene rings is 2. The van der Waals surface area contributed by atoms with Gasteiger partial charge >= 0.3 is 0 Å². The Balaban J connectivity index is 1.28. The van der Waals surface area contributed by atoms with Gasteiger partial charge in [-0.05, 0) is 23.6 Å². The first kappa shape index (κ1) is 18.8. The summed E-state index contributed by atoms with van der Waals surface area (Å²) in [6.07, 6.45) is 0.818. The van der Waals surface area contributed by atoms with E-state index in [1.54, 1.807) is 0 Å². The highest BCUT2D eigenvalue weighted by molar-refractivity contribution is 6.33. The second-order valence-electron chi connectivity index (χ2n) is 7.83. The lowest BCUT2D eigenvalue weighted by atomic mass is 10.0. The summed E-state index contributed by atoms with van der Waals surface area (Å²) in [6, 6.07) is 20.7. The van der Waals surface area contributed by atoms with Crippen LogP contribution in [-0.4, -0.2) is 46.5 Å². The van der Waals surface area contributed by atoms with Crippen molar-refractivity contribution in [2.24, 2.45) is 0 Å². The highest BCUT2D eigenvalue weighted by Gasteiger charge is 2.43. The van der Waals surface area contributed by atoms with Gasteiger partial charge in [-0.3, -0.25) is 0 Å². The summed E-state index contributed by atoms with van der Waals surface area (Å²) in [5, 5.41) is 0.554. The normalized spacial score (nSPS) is 22.7. The fraction of sp³-hybridized carbons (Fsp3) is 0.250. The van der Waals surface area contributed by atoms with Gasteiger partial charge in [0.1, 0.15) is 6.10 Å². The topological polar surface area (TPSA) is 69.3 Å². The van der Waals surface area contributed by atoms with Crippen molar-refractivity contribution < 1.29 is 14.2 Å². The van der Waals surface area contributed by atoms with Crippen LogP contribution in [0.1, 0.15) is 6.42 Å². The molecule has 2 aromatic heterocycles. The molecule has 3 atom stereocenters. The summed E-state index contributed by atoms with van der Waals surface area (Å²) in [5.41, 5.74) is 5.22. The van der Waals surface area contributed by atoms with Crippen LogP contribution in [0.15, 0.2) is 60.7 Å². The van der Waals surface area contributed by atoms with Crippen molar-refractivity contribution in [2.45, 2.75) is 24.7 Å². The molecular weight excluding hydrogens is 414 g/mol. The van der Waals surface area contributed by atoms with Crippen molar-refractivity contribution in [2.75, 3.05) is 13.2 Å². The zero-order valence-corrected chi connectivity index (χ0v) is 17.4. The number of pyridine rings is 1. The third-order valence-corrected chi connectivity index (χ3v) is 6.14. The largest absolute Gasteiger partial charge is 0.456 e. The summed E-state index contributed by atoms with van der Waals surface area (Å²) in [5.74, 6) is 0. The molecular formula is C24H20ClN3O3. The smallest absolute Gasteiger partial charge is 0.296 e. The van der Waals surface area contributed by atoms with E-state index in [0.717, 1.165) is 23.1 Å². The number of aromatic amines is 1. The molecule has 2 aliphatic heterocycles. The second-order valence-corrected chi connectivity index (χ2v) is 8.23. The Morgan fingerprint density at radius 3 is 2.55 bits per heavy atom. The molecule has 0 radical (unpaired) electrons. The summed E-state index contributed by atoms with van der Waals surface area (Å²) < 4.78 is 17.5. The molecule has 0 spiro atoms. The first-order chi connectivity index (χ1) is 15.2. The molecule has 1 N–H and O–H groups in total. The van der Waals surface area contributed by atoms with E-state index in [4.69, 9.17) is 30.8 Å². The summed E-state index contributed by atoms with van der Waals surface area (Å²) in [7, 11) is 0. The molecule has 0 saturated carbocycles. The first-order valence-corrected chi connectivity index (χ1v) is 10.7. The number of halogens is 1. The standard InChI is InChI=1S/C24H20ClN3O3/c25-17-12-18-23(28-24(26-18)31-20-13-30-19-10-11-29-22(19)20)27-21(17)16-8-6-15(7-9-16)14-4-2-1-3-5-14/h1-9,12,19-20,22H,10-11,13H2,(H,26,27,28)/t19-,20-,22+/m1/s1. The van der Waals surface area contributed by atoms with Gasteiger partial charge in [-0.25, -0.2) is 4.98 Å². The summed E-state index contributed by atoms with van der Waals surface area (Å²) >= 11 is 6.56. The van der Waals surface area contributed by atoms with Gasteiger partial charge in [-0.1, -0.05) is 66.2 Å². The predicted octanol–water partition coefficient (Wildman–Crippen LogP) is 4.88. The minimum atomic E-state index is -0.173. The minimum Gasteiger partial charge on any atom is -0.456 e. The van der Waals surface area contributed by atoms with E-state index < -0.39 is 0 Å². The van der Waals surface area contributed by atoms with Crippen LogP contribution in [0.3, 0.4) is 0 Å². The van der Waals surface area contributed by atoms with Gasteiger partial charge < -0.3 is 19.2 Å². The van der Waals surface area contributed by atoms with Crippen LogP contribution in [0.25, 0.3) is 33.5 Å². The lowest BCUT2D eigenvalue weighted by molar-refractivity contribution is 0.0273. The average molecular weight is 434 g/mol. The van der Waals surface area contributed by atoms with Crippen LogP contribution < -0.4 is 4.74 Å². The first-order valence-electron chi connectivity index (χ1n) is 10.4. The third-order valence-electron chi connectivity index (χ3n) is 5.85. The molecule has 2 aromatic carbocycles. The van der Waals surface area contributed by atoms with Crippen molar-refractivity contribution in [3.8, 4) is 28.4 Å². The van der Waals surface area contributed by atoms with E-state index in [1.807, 2.05) is 36.4 Å². The van der Waals surface area contributed by atoms with E-state index in [1.165, 1.54) is 5.56 Å². The monoisotopic (exact) mass is 433 g/mol. The maximum atomic E-state index is 6.56. The van der Waals surface area contributed by atoms with Crippen LogP contribution in [0.2, 0.25) is 5.02 Å². The molecule has 0 bridgehead atoms. The zero-order valence-electron chi connectivity index (χ0n) is 16.6. The Morgan fingerprint density at radius 2 is 1.71 bits per heavy atom. The van der Waals surface area contributed by atoms with E-state index in [-0.39, 0.29) is 18.3 Å². The number of hydrogen-bond donors (Lipinski definition) is 1. The molecule has 6 nitrogen and oxygen atoms in total. The molecule has 156 valence electrons. The van der Waals surface area contributed by atoms with E-state index in [2.05, 4.69) is 34.2 Å². The Kier molecular flexibility index (Phi) is 4.64. The average Bonchev–Trinajstić information content (AvgIpc) is 3.51. The SMILES string of the molecule is Clc1cc2[nH]c(O[C@@H]3CO[C@@H]4CCO[C@@H]43)nc2nc1-c1ccc(-c2ccccc2)cc1. The van der Waals surface area contributed by atoms with Crippen molar-refractivity contribution >= 4 is 22.8 Å². The molecule has 4 heterocycles. The van der Waals surface area contributed by atoms with E-state index >= 15 is 0 Å². The molecule has 6 rings (SSSR count). The van der Waals surface area contributed by atoms with Gasteiger partial charge in [-0.2, -0.15) is 4.98 Å². The van der Waals surface area contributed by atoms with Gasteiger partial charge in [0.15, 0.2) is 11.8 Å². The Labute approximate surface area is 184 Å². The molecule has 0 aliphatic carbocycles.